The first-order chi connectivity index (χ1) is 14.2. The van der Waals surface area contributed by atoms with Crippen molar-refractivity contribution in [2.45, 2.75) is 30.6 Å². The van der Waals surface area contributed by atoms with Gasteiger partial charge in [-0.3, -0.25) is 9.59 Å². The van der Waals surface area contributed by atoms with Crippen LogP contribution in [0.1, 0.15) is 35.2 Å². The van der Waals surface area contributed by atoms with Gasteiger partial charge in [0.15, 0.2) is 0 Å². The Morgan fingerprint density at radius 1 is 1.07 bits per heavy atom. The van der Waals surface area contributed by atoms with Crippen LogP contribution in [0.4, 0.5) is 5.69 Å². The van der Waals surface area contributed by atoms with Gasteiger partial charge in [0.1, 0.15) is 5.75 Å². The van der Waals surface area contributed by atoms with Crippen molar-refractivity contribution in [3.8, 4) is 5.75 Å². The number of phenolic OH excluding ortho intramolecular Hbond substituents is 1. The molecule has 1 aliphatic heterocycles. The normalized spacial score (nSPS) is 15.0. The Morgan fingerprint density at radius 2 is 1.77 bits per heavy atom. The second-order valence-electron chi connectivity index (χ2n) is 6.98. The van der Waals surface area contributed by atoms with Crippen LogP contribution in [0.25, 0.3) is 0 Å². The van der Waals surface area contributed by atoms with Gasteiger partial charge in [-0.2, -0.15) is 4.31 Å². The highest BCUT2D eigenvalue weighted by atomic mass is 35.5. The first-order valence-corrected chi connectivity index (χ1v) is 11.1. The van der Waals surface area contributed by atoms with E-state index in [1.54, 1.807) is 0 Å². The third-order valence-electron chi connectivity index (χ3n) is 4.80. The number of carbonyl (C=O) groups is 2. The molecule has 0 bridgehead atoms. The van der Waals surface area contributed by atoms with Crippen molar-refractivity contribution in [1.82, 2.24) is 4.31 Å². The number of carboxylic acid groups (broad SMARTS) is 1. The summed E-state index contributed by atoms with van der Waals surface area (Å²) in [5.41, 5.74) is 0.306. The lowest BCUT2D eigenvalue weighted by Crippen LogP contribution is -2.35. The maximum absolute atomic E-state index is 12.9. The Hall–Kier alpha value is -2.62. The van der Waals surface area contributed by atoms with Gasteiger partial charge in [-0.25, -0.2) is 8.42 Å². The summed E-state index contributed by atoms with van der Waals surface area (Å²) < 4.78 is 27.2. The molecule has 0 radical (unpaired) electrons. The number of hydrogen-bond donors (Lipinski definition) is 3. The minimum atomic E-state index is -3.76. The van der Waals surface area contributed by atoms with Gasteiger partial charge in [0.2, 0.25) is 10.0 Å². The predicted octanol–water partition coefficient (Wildman–Crippen LogP) is 3.10. The summed E-state index contributed by atoms with van der Waals surface area (Å²) in [5.74, 6) is -2.04. The molecule has 0 aliphatic carbocycles. The first-order valence-electron chi connectivity index (χ1n) is 9.33. The minimum Gasteiger partial charge on any atom is -0.506 e. The van der Waals surface area contributed by atoms with Gasteiger partial charge in [-0.05, 0) is 48.7 Å². The quantitative estimate of drug-likeness (QED) is 0.578. The number of carbonyl (C=O) groups excluding carboxylic acids is 1. The van der Waals surface area contributed by atoms with Crippen molar-refractivity contribution in [2.24, 2.45) is 0 Å². The molecule has 2 aromatic rings. The molecule has 0 saturated carbocycles. The maximum atomic E-state index is 12.9. The van der Waals surface area contributed by atoms with Crippen LogP contribution in [-0.2, 0) is 21.2 Å². The Balaban J connectivity index is 1.88. The SMILES string of the molecule is O=C(O)Cc1ccc(O)c(NC(=O)c2cc(S(=O)(=O)N3CCCCC3)ccc2Cl)c1. The number of rotatable bonds is 6. The number of anilines is 1. The molecule has 10 heteroatoms. The largest absolute Gasteiger partial charge is 0.506 e. The lowest BCUT2D eigenvalue weighted by atomic mass is 10.1. The van der Waals surface area contributed by atoms with Gasteiger partial charge in [0.25, 0.3) is 5.91 Å². The van der Waals surface area contributed by atoms with E-state index < -0.39 is 21.9 Å². The van der Waals surface area contributed by atoms with Gasteiger partial charge in [-0.15, -0.1) is 0 Å². The van der Waals surface area contributed by atoms with Crippen LogP contribution in [0, 0.1) is 0 Å². The van der Waals surface area contributed by atoms with Crippen LogP contribution in [0.5, 0.6) is 5.75 Å². The average Bonchev–Trinajstić information content (AvgIpc) is 2.71. The summed E-state index contributed by atoms with van der Waals surface area (Å²) in [6, 6.07) is 7.94. The molecule has 1 heterocycles. The molecule has 0 spiro atoms. The van der Waals surface area contributed by atoms with Gasteiger partial charge < -0.3 is 15.5 Å². The van der Waals surface area contributed by atoms with E-state index in [4.69, 9.17) is 16.7 Å². The standard InChI is InChI=1S/C20H21ClN2O6S/c21-16-6-5-14(30(28,29)23-8-2-1-3-9-23)12-15(16)20(27)22-17-10-13(11-19(25)26)4-7-18(17)24/h4-7,10,12,24H,1-3,8-9,11H2,(H,22,27)(H,25,26). The highest BCUT2D eigenvalue weighted by Gasteiger charge is 2.27. The third kappa shape index (κ3) is 4.92. The van der Waals surface area contributed by atoms with E-state index in [1.165, 1.54) is 40.7 Å². The van der Waals surface area contributed by atoms with E-state index in [0.29, 0.717) is 18.7 Å². The van der Waals surface area contributed by atoms with Gasteiger partial charge >= 0.3 is 5.97 Å². The Bertz CT molecular complexity index is 1080. The summed E-state index contributed by atoms with van der Waals surface area (Å²) in [7, 11) is -3.76. The number of aromatic hydroxyl groups is 1. The number of nitrogens with zero attached hydrogens (tertiary/aromatic N) is 1. The molecule has 0 atom stereocenters. The fourth-order valence-electron chi connectivity index (χ4n) is 3.25. The molecule has 0 aromatic heterocycles. The molecule has 2 aromatic carbocycles. The number of phenols is 1. The molecular weight excluding hydrogens is 432 g/mol. The maximum Gasteiger partial charge on any atom is 0.307 e. The molecule has 1 saturated heterocycles. The van der Waals surface area contributed by atoms with E-state index in [9.17, 15) is 23.1 Å². The lowest BCUT2D eigenvalue weighted by Gasteiger charge is -2.26. The number of hydrogen-bond acceptors (Lipinski definition) is 5. The number of sulfonamides is 1. The second kappa shape index (κ2) is 9.03. The summed E-state index contributed by atoms with van der Waals surface area (Å²) in [6.07, 6.45) is 2.26. The van der Waals surface area contributed by atoms with E-state index in [1.807, 2.05) is 0 Å². The predicted molar refractivity (Wildman–Crippen MR) is 111 cm³/mol. The zero-order valence-electron chi connectivity index (χ0n) is 16.0. The fourth-order valence-corrected chi connectivity index (χ4v) is 5.00. The topological polar surface area (TPSA) is 124 Å². The Morgan fingerprint density at radius 3 is 2.43 bits per heavy atom. The van der Waals surface area contributed by atoms with Crippen molar-refractivity contribution < 1.29 is 28.2 Å². The van der Waals surface area contributed by atoms with Crippen LogP contribution in [0.15, 0.2) is 41.3 Å². The minimum absolute atomic E-state index is 0.000826. The van der Waals surface area contributed by atoms with Crippen LogP contribution in [0.2, 0.25) is 5.02 Å². The van der Waals surface area contributed by atoms with Crippen molar-refractivity contribution in [2.75, 3.05) is 18.4 Å². The second-order valence-corrected chi connectivity index (χ2v) is 9.33. The number of nitrogens with one attached hydrogen (secondary N) is 1. The van der Waals surface area contributed by atoms with Crippen molar-refractivity contribution >= 4 is 39.2 Å². The van der Waals surface area contributed by atoms with Crippen LogP contribution >= 0.6 is 11.6 Å². The molecule has 1 amide bonds. The number of piperidine rings is 1. The van der Waals surface area contributed by atoms with Crippen molar-refractivity contribution in [3.05, 3.63) is 52.5 Å². The summed E-state index contributed by atoms with van der Waals surface area (Å²) >= 11 is 6.12. The van der Waals surface area contributed by atoms with Crippen LogP contribution in [-0.4, -0.2) is 47.9 Å². The Labute approximate surface area is 179 Å². The van der Waals surface area contributed by atoms with Gasteiger partial charge in [0, 0.05) is 13.1 Å². The zero-order valence-corrected chi connectivity index (χ0v) is 17.5. The molecule has 8 nitrogen and oxygen atoms in total. The number of benzene rings is 2. The number of aliphatic carboxylic acids is 1. The van der Waals surface area contributed by atoms with Gasteiger partial charge in [-0.1, -0.05) is 24.1 Å². The van der Waals surface area contributed by atoms with Crippen LogP contribution < -0.4 is 5.32 Å². The van der Waals surface area contributed by atoms with Crippen LogP contribution in [0.3, 0.4) is 0 Å². The molecule has 3 rings (SSSR count). The van der Waals surface area contributed by atoms with E-state index >= 15 is 0 Å². The highest BCUT2D eigenvalue weighted by molar-refractivity contribution is 7.89. The highest BCUT2D eigenvalue weighted by Crippen LogP contribution is 2.28. The summed E-state index contributed by atoms with van der Waals surface area (Å²) in [6.45, 7) is 0.855. The summed E-state index contributed by atoms with van der Waals surface area (Å²) in [5, 5.41) is 21.4. The lowest BCUT2D eigenvalue weighted by molar-refractivity contribution is -0.136. The molecule has 1 aliphatic rings. The molecule has 30 heavy (non-hydrogen) atoms. The van der Waals surface area contributed by atoms with E-state index in [0.717, 1.165) is 19.3 Å². The smallest absolute Gasteiger partial charge is 0.307 e. The first kappa shape index (κ1) is 22.1. The molecular formula is C20H21ClN2O6S. The average molecular weight is 453 g/mol. The number of halogens is 1. The van der Waals surface area contributed by atoms with Crippen molar-refractivity contribution in [1.29, 1.82) is 0 Å². The number of carboxylic acids is 1. The third-order valence-corrected chi connectivity index (χ3v) is 7.02. The monoisotopic (exact) mass is 452 g/mol. The molecule has 3 N–H and O–H groups in total. The van der Waals surface area contributed by atoms with E-state index in [2.05, 4.69) is 5.32 Å². The zero-order chi connectivity index (χ0) is 21.9. The van der Waals surface area contributed by atoms with E-state index in [-0.39, 0.29) is 33.3 Å². The molecule has 160 valence electrons. The fraction of sp³-hybridized carbons (Fsp3) is 0.300. The molecule has 1 fully saturated rings. The van der Waals surface area contributed by atoms with Gasteiger partial charge in [0.05, 0.1) is 27.6 Å². The van der Waals surface area contributed by atoms with Crippen molar-refractivity contribution in [3.63, 3.8) is 0 Å². The Kier molecular flexibility index (Phi) is 6.64. The molecule has 0 unspecified atom stereocenters. The number of amides is 1. The summed E-state index contributed by atoms with van der Waals surface area (Å²) in [4.78, 5) is 23.6.